The van der Waals surface area contributed by atoms with Gasteiger partial charge in [-0.15, -0.1) is 11.8 Å². The van der Waals surface area contributed by atoms with E-state index in [2.05, 4.69) is 52.7 Å². The molecule has 7 heteroatoms. The molecule has 2 aliphatic carbocycles. The Balaban J connectivity index is 1.30. The van der Waals surface area contributed by atoms with E-state index < -0.39 is 0 Å². The highest BCUT2D eigenvalue weighted by Gasteiger charge is 2.45. The van der Waals surface area contributed by atoms with Gasteiger partial charge in [0.25, 0.3) is 0 Å². The van der Waals surface area contributed by atoms with E-state index >= 15 is 0 Å². The van der Waals surface area contributed by atoms with Crippen LogP contribution in [-0.4, -0.2) is 32.4 Å². The number of hydrogen-bond acceptors (Lipinski definition) is 6. The Bertz CT molecular complexity index is 1180. The third-order valence-corrected chi connectivity index (χ3v) is 8.88. The van der Waals surface area contributed by atoms with Crippen LogP contribution in [0, 0.1) is 6.92 Å². The molecule has 1 aromatic carbocycles. The summed E-state index contributed by atoms with van der Waals surface area (Å²) in [6.45, 7) is 2.09. The number of hydrogen-bond donors (Lipinski definition) is 2. The number of fused-ring (bicyclic) bond motifs is 1. The normalized spacial score (nSPS) is 18.8. The number of aromatic nitrogens is 3. The molecule has 1 spiro atoms. The zero-order valence-corrected chi connectivity index (χ0v) is 20.2. The van der Waals surface area contributed by atoms with Crippen molar-refractivity contribution in [3.05, 3.63) is 47.9 Å². The molecule has 0 amide bonds. The molecule has 33 heavy (non-hydrogen) atoms. The molecule has 2 N–H and O–H groups in total. The van der Waals surface area contributed by atoms with E-state index in [4.69, 9.17) is 14.7 Å². The molecule has 0 radical (unpaired) electrons. The molecular formula is C26H31N5OS. The van der Waals surface area contributed by atoms with E-state index in [1.54, 1.807) is 7.11 Å². The van der Waals surface area contributed by atoms with Crippen LogP contribution in [0.15, 0.2) is 41.6 Å². The van der Waals surface area contributed by atoms with Crippen LogP contribution in [0.2, 0.25) is 0 Å². The van der Waals surface area contributed by atoms with Gasteiger partial charge in [-0.1, -0.05) is 19.3 Å². The summed E-state index contributed by atoms with van der Waals surface area (Å²) in [7, 11) is 1.71. The van der Waals surface area contributed by atoms with Gasteiger partial charge in [0.15, 0.2) is 0 Å². The smallest absolute Gasteiger partial charge is 0.229 e. The van der Waals surface area contributed by atoms with Gasteiger partial charge in [-0.25, -0.2) is 4.98 Å². The van der Waals surface area contributed by atoms with E-state index in [0.29, 0.717) is 16.7 Å². The molecule has 2 aromatic heterocycles. The number of benzene rings is 1. The van der Waals surface area contributed by atoms with E-state index in [-0.39, 0.29) is 0 Å². The first-order valence-corrected chi connectivity index (χ1v) is 12.9. The SMILES string of the molecule is COc1cc(Nc2nc3c(c(NC4CCCC4)n2)SC2(CCC2)C3)ccc1-n1ccc(C)c1. The van der Waals surface area contributed by atoms with Gasteiger partial charge in [0.1, 0.15) is 11.6 Å². The predicted molar refractivity (Wildman–Crippen MR) is 134 cm³/mol. The van der Waals surface area contributed by atoms with Crippen molar-refractivity contribution in [2.75, 3.05) is 17.7 Å². The van der Waals surface area contributed by atoms with Crippen LogP contribution >= 0.6 is 11.8 Å². The lowest BCUT2D eigenvalue weighted by Crippen LogP contribution is -2.32. The highest BCUT2D eigenvalue weighted by molar-refractivity contribution is 8.01. The molecule has 3 aromatic rings. The number of nitrogens with zero attached hydrogens (tertiary/aromatic N) is 3. The second-order valence-electron chi connectivity index (χ2n) is 9.72. The molecule has 1 aliphatic heterocycles. The van der Waals surface area contributed by atoms with Crippen molar-refractivity contribution in [3.8, 4) is 11.4 Å². The molecule has 0 saturated heterocycles. The molecule has 6 nitrogen and oxygen atoms in total. The summed E-state index contributed by atoms with van der Waals surface area (Å²) in [6, 6.07) is 8.78. The summed E-state index contributed by atoms with van der Waals surface area (Å²) < 4.78 is 8.15. The predicted octanol–water partition coefficient (Wildman–Crippen LogP) is 6.25. The van der Waals surface area contributed by atoms with Gasteiger partial charge in [0.05, 0.1) is 23.4 Å². The number of thioether (sulfide) groups is 1. The van der Waals surface area contributed by atoms with Crippen molar-refractivity contribution >= 4 is 29.2 Å². The maximum absolute atomic E-state index is 5.71. The zero-order chi connectivity index (χ0) is 22.4. The topological polar surface area (TPSA) is 64.0 Å². The monoisotopic (exact) mass is 461 g/mol. The Morgan fingerprint density at radius 1 is 1.12 bits per heavy atom. The Kier molecular flexibility index (Phi) is 5.24. The molecular weight excluding hydrogens is 430 g/mol. The van der Waals surface area contributed by atoms with Crippen LogP contribution < -0.4 is 15.4 Å². The van der Waals surface area contributed by atoms with Crippen LogP contribution in [0.3, 0.4) is 0 Å². The highest BCUT2D eigenvalue weighted by Crippen LogP contribution is 2.57. The fraction of sp³-hybridized carbons (Fsp3) is 0.462. The van der Waals surface area contributed by atoms with Crippen molar-refractivity contribution in [2.24, 2.45) is 0 Å². The third kappa shape index (κ3) is 3.97. The minimum absolute atomic E-state index is 0.363. The number of methoxy groups -OCH3 is 1. The van der Waals surface area contributed by atoms with E-state index in [1.807, 2.05) is 17.8 Å². The first-order valence-electron chi connectivity index (χ1n) is 12.1. The van der Waals surface area contributed by atoms with Crippen molar-refractivity contribution < 1.29 is 4.74 Å². The lowest BCUT2D eigenvalue weighted by molar-refractivity contribution is 0.365. The van der Waals surface area contributed by atoms with Gasteiger partial charge in [0, 0.05) is 41.4 Å². The number of anilines is 3. The zero-order valence-electron chi connectivity index (χ0n) is 19.4. The number of rotatable bonds is 6. The van der Waals surface area contributed by atoms with Gasteiger partial charge < -0.3 is 19.9 Å². The fourth-order valence-corrected chi connectivity index (χ4v) is 6.87. The highest BCUT2D eigenvalue weighted by atomic mass is 32.2. The second kappa shape index (κ2) is 8.28. The van der Waals surface area contributed by atoms with E-state index in [0.717, 1.165) is 29.4 Å². The molecule has 2 saturated carbocycles. The van der Waals surface area contributed by atoms with Gasteiger partial charge in [-0.3, -0.25) is 0 Å². The van der Waals surface area contributed by atoms with Crippen LogP contribution in [0.4, 0.5) is 17.5 Å². The van der Waals surface area contributed by atoms with Crippen LogP contribution in [0.1, 0.15) is 56.2 Å². The standard InChI is InChI=1S/C26H31N5OS/c1-17-10-13-31(16-17)21-9-8-19(14-22(21)32-2)28-25-29-20-15-26(11-5-12-26)33-23(20)24(30-25)27-18-6-3-4-7-18/h8-10,13-14,16,18H,3-7,11-12,15H2,1-2H3,(H2,27,28,29,30). The van der Waals surface area contributed by atoms with Crippen LogP contribution in [0.25, 0.3) is 5.69 Å². The summed E-state index contributed by atoms with van der Waals surface area (Å²) in [5.41, 5.74) is 4.35. The van der Waals surface area contributed by atoms with Gasteiger partial charge in [-0.2, -0.15) is 4.98 Å². The van der Waals surface area contributed by atoms with E-state index in [1.165, 1.54) is 61.1 Å². The Morgan fingerprint density at radius 3 is 2.67 bits per heavy atom. The summed E-state index contributed by atoms with van der Waals surface area (Å²) >= 11 is 2.02. The van der Waals surface area contributed by atoms with Crippen molar-refractivity contribution in [2.45, 2.75) is 74.0 Å². The average Bonchev–Trinajstić information content (AvgIpc) is 3.53. The molecule has 0 bridgehead atoms. The summed E-state index contributed by atoms with van der Waals surface area (Å²) in [5.74, 6) is 2.50. The Morgan fingerprint density at radius 2 is 1.97 bits per heavy atom. The molecule has 2 fully saturated rings. The minimum atomic E-state index is 0.363. The lowest BCUT2D eigenvalue weighted by atomic mass is 9.81. The summed E-state index contributed by atoms with van der Waals surface area (Å²) in [5, 5.41) is 7.23. The molecule has 0 unspecified atom stereocenters. The van der Waals surface area contributed by atoms with Crippen molar-refractivity contribution in [1.29, 1.82) is 0 Å². The van der Waals surface area contributed by atoms with Gasteiger partial charge in [-0.05, 0) is 56.4 Å². The van der Waals surface area contributed by atoms with Gasteiger partial charge in [0.2, 0.25) is 5.95 Å². The molecule has 6 rings (SSSR count). The van der Waals surface area contributed by atoms with E-state index in [9.17, 15) is 0 Å². The Labute approximate surface area is 199 Å². The number of aryl methyl sites for hydroxylation is 1. The molecule has 3 aliphatic rings. The summed E-state index contributed by atoms with van der Waals surface area (Å²) in [4.78, 5) is 11.2. The summed E-state index contributed by atoms with van der Waals surface area (Å²) in [6.07, 6.45) is 14.2. The van der Waals surface area contributed by atoms with Crippen molar-refractivity contribution in [1.82, 2.24) is 14.5 Å². The van der Waals surface area contributed by atoms with Crippen LogP contribution in [0.5, 0.6) is 5.75 Å². The third-order valence-electron chi connectivity index (χ3n) is 7.26. The molecule has 172 valence electrons. The number of ether oxygens (including phenoxy) is 1. The van der Waals surface area contributed by atoms with Crippen molar-refractivity contribution in [3.63, 3.8) is 0 Å². The molecule has 0 atom stereocenters. The maximum atomic E-state index is 5.71. The second-order valence-corrected chi connectivity index (χ2v) is 11.2. The first-order chi connectivity index (χ1) is 16.1. The first kappa shape index (κ1) is 20.9. The Hall–Kier alpha value is -2.67. The minimum Gasteiger partial charge on any atom is -0.494 e. The fourth-order valence-electron chi connectivity index (χ4n) is 5.30. The largest absolute Gasteiger partial charge is 0.494 e. The molecule has 3 heterocycles. The number of nitrogens with one attached hydrogen (secondary N) is 2. The quantitative estimate of drug-likeness (QED) is 0.452. The van der Waals surface area contributed by atoms with Gasteiger partial charge >= 0.3 is 0 Å². The lowest BCUT2D eigenvalue weighted by Gasteiger charge is -2.36. The van der Waals surface area contributed by atoms with Crippen LogP contribution in [-0.2, 0) is 6.42 Å². The maximum Gasteiger partial charge on any atom is 0.229 e. The average molecular weight is 462 g/mol.